The van der Waals surface area contributed by atoms with Crippen molar-refractivity contribution in [3.8, 4) is 11.8 Å². The highest BCUT2D eigenvalue weighted by Crippen LogP contribution is 2.22. The topological polar surface area (TPSA) is 88.4 Å². The molecule has 3 aromatic rings. The Morgan fingerprint density at radius 1 is 1.14 bits per heavy atom. The van der Waals surface area contributed by atoms with E-state index in [1.165, 1.54) is 35.6 Å². The van der Waals surface area contributed by atoms with Crippen LogP contribution in [-0.4, -0.2) is 18.5 Å². The van der Waals surface area contributed by atoms with Gasteiger partial charge in [-0.15, -0.1) is 11.3 Å². The molecule has 0 bridgehead atoms. The highest BCUT2D eigenvalue weighted by molar-refractivity contribution is 7.14. The van der Waals surface area contributed by atoms with Crippen molar-refractivity contribution in [2.24, 2.45) is 0 Å². The smallest absolute Gasteiger partial charge is 0.338 e. The van der Waals surface area contributed by atoms with Crippen molar-refractivity contribution in [2.75, 3.05) is 11.9 Å². The molecule has 0 aliphatic carbocycles. The van der Waals surface area contributed by atoms with E-state index in [-0.39, 0.29) is 18.0 Å². The van der Waals surface area contributed by atoms with Crippen molar-refractivity contribution in [2.45, 2.75) is 6.61 Å². The van der Waals surface area contributed by atoms with Gasteiger partial charge in [-0.2, -0.15) is 5.26 Å². The third kappa shape index (κ3) is 5.64. The Balaban J connectivity index is 1.53. The summed E-state index contributed by atoms with van der Waals surface area (Å²) in [6, 6.07) is 15.8. The van der Waals surface area contributed by atoms with E-state index >= 15 is 0 Å². The highest BCUT2D eigenvalue weighted by Gasteiger charge is 2.13. The molecule has 0 saturated heterocycles. The summed E-state index contributed by atoms with van der Waals surface area (Å²) >= 11 is 1.21. The summed E-state index contributed by atoms with van der Waals surface area (Å²) in [7, 11) is 0. The summed E-state index contributed by atoms with van der Waals surface area (Å²) in [6.07, 6.45) is 0. The molecule has 3 rings (SSSR count). The van der Waals surface area contributed by atoms with Crippen LogP contribution in [0, 0.1) is 17.1 Å². The number of halogens is 1. The second kappa shape index (κ2) is 9.48. The fourth-order valence-corrected chi connectivity index (χ4v) is 3.09. The number of nitrogens with one attached hydrogen (secondary N) is 1. The van der Waals surface area contributed by atoms with Gasteiger partial charge in [-0.25, -0.2) is 9.18 Å². The standard InChI is InChI=1S/C21H15FN2O4S/c22-17-6-4-14(5-7-17)12-27-18-3-1-2-15(10-18)21(26)28-13-19(25)24-20-16(11-23)8-9-29-20/h1-10H,12-13H2,(H,24,25). The zero-order valence-electron chi connectivity index (χ0n) is 15.1. The SMILES string of the molecule is N#Cc1ccsc1NC(=O)COC(=O)c1cccc(OCc2ccc(F)cc2)c1. The summed E-state index contributed by atoms with van der Waals surface area (Å²) in [5, 5.41) is 13.5. The predicted octanol–water partition coefficient (Wildman–Crippen LogP) is 4.13. The minimum atomic E-state index is -0.681. The van der Waals surface area contributed by atoms with Gasteiger partial charge in [0.15, 0.2) is 6.61 Å². The van der Waals surface area contributed by atoms with Crippen molar-refractivity contribution in [3.63, 3.8) is 0 Å². The summed E-state index contributed by atoms with van der Waals surface area (Å²) in [5.74, 6) is -1.11. The average Bonchev–Trinajstić information content (AvgIpc) is 3.19. The van der Waals surface area contributed by atoms with Crippen LogP contribution in [-0.2, 0) is 16.1 Å². The van der Waals surface area contributed by atoms with Gasteiger partial charge in [0, 0.05) is 0 Å². The molecule has 1 N–H and O–H groups in total. The molecule has 0 fully saturated rings. The van der Waals surface area contributed by atoms with Crippen molar-refractivity contribution >= 4 is 28.2 Å². The lowest BCUT2D eigenvalue weighted by atomic mass is 10.2. The second-order valence-corrected chi connectivity index (χ2v) is 6.76. The molecule has 1 amide bonds. The zero-order valence-corrected chi connectivity index (χ0v) is 15.9. The van der Waals surface area contributed by atoms with E-state index in [9.17, 15) is 14.0 Å². The first-order valence-electron chi connectivity index (χ1n) is 8.47. The van der Waals surface area contributed by atoms with E-state index in [4.69, 9.17) is 14.7 Å². The zero-order chi connectivity index (χ0) is 20.6. The van der Waals surface area contributed by atoms with E-state index in [2.05, 4.69) is 5.32 Å². The van der Waals surface area contributed by atoms with Crippen LogP contribution in [0.1, 0.15) is 21.5 Å². The molecule has 1 aromatic heterocycles. The van der Waals surface area contributed by atoms with Gasteiger partial charge in [0.05, 0.1) is 11.1 Å². The Labute approximate surface area is 170 Å². The van der Waals surface area contributed by atoms with Gasteiger partial charge in [0.25, 0.3) is 5.91 Å². The van der Waals surface area contributed by atoms with Gasteiger partial charge >= 0.3 is 5.97 Å². The highest BCUT2D eigenvalue weighted by atomic mass is 32.1. The number of hydrogen-bond donors (Lipinski definition) is 1. The van der Waals surface area contributed by atoms with E-state index in [0.29, 0.717) is 16.3 Å². The third-order valence-corrected chi connectivity index (χ3v) is 4.59. The van der Waals surface area contributed by atoms with Gasteiger partial charge in [-0.1, -0.05) is 18.2 Å². The number of amides is 1. The molecule has 6 nitrogen and oxygen atoms in total. The first kappa shape index (κ1) is 20.0. The first-order valence-corrected chi connectivity index (χ1v) is 9.35. The lowest BCUT2D eigenvalue weighted by Gasteiger charge is -2.09. The molecule has 146 valence electrons. The number of rotatable bonds is 7. The van der Waals surface area contributed by atoms with Crippen LogP contribution in [0.2, 0.25) is 0 Å². The molecule has 0 radical (unpaired) electrons. The molecule has 0 saturated carbocycles. The molecule has 29 heavy (non-hydrogen) atoms. The van der Waals surface area contributed by atoms with E-state index in [1.54, 1.807) is 35.7 Å². The minimum absolute atomic E-state index is 0.212. The second-order valence-electron chi connectivity index (χ2n) is 5.84. The van der Waals surface area contributed by atoms with Gasteiger partial charge in [0.1, 0.15) is 29.2 Å². The monoisotopic (exact) mass is 410 g/mol. The average molecular weight is 410 g/mol. The number of nitrogens with zero attached hydrogens (tertiary/aromatic N) is 1. The quantitative estimate of drug-likeness (QED) is 0.592. The maximum Gasteiger partial charge on any atom is 0.338 e. The maximum absolute atomic E-state index is 12.9. The van der Waals surface area contributed by atoms with Crippen LogP contribution in [0.5, 0.6) is 5.75 Å². The van der Waals surface area contributed by atoms with Crippen molar-refractivity contribution in [3.05, 3.63) is 82.5 Å². The minimum Gasteiger partial charge on any atom is -0.489 e. The van der Waals surface area contributed by atoms with Crippen molar-refractivity contribution in [1.29, 1.82) is 5.26 Å². The van der Waals surface area contributed by atoms with Crippen molar-refractivity contribution < 1.29 is 23.5 Å². The molecule has 0 spiro atoms. The Hall–Kier alpha value is -3.70. The molecule has 0 unspecified atom stereocenters. The van der Waals surface area contributed by atoms with E-state index in [1.807, 2.05) is 6.07 Å². The third-order valence-electron chi connectivity index (χ3n) is 3.76. The lowest BCUT2D eigenvalue weighted by molar-refractivity contribution is -0.119. The van der Waals surface area contributed by atoms with E-state index < -0.39 is 18.5 Å². The normalized spacial score (nSPS) is 10.1. The predicted molar refractivity (Wildman–Crippen MR) is 105 cm³/mol. The van der Waals surface area contributed by atoms with Gasteiger partial charge in [-0.3, -0.25) is 4.79 Å². The van der Waals surface area contributed by atoms with Crippen LogP contribution >= 0.6 is 11.3 Å². The number of nitriles is 1. The van der Waals surface area contributed by atoms with Crippen LogP contribution in [0.25, 0.3) is 0 Å². The Kier molecular flexibility index (Phi) is 6.55. The fourth-order valence-electron chi connectivity index (χ4n) is 2.33. The number of carbonyl (C=O) groups excluding carboxylic acids is 2. The summed E-state index contributed by atoms with van der Waals surface area (Å²) in [6.45, 7) is -0.272. The Bertz CT molecular complexity index is 1060. The molecular weight excluding hydrogens is 395 g/mol. The number of esters is 1. The van der Waals surface area contributed by atoms with Crippen LogP contribution in [0.4, 0.5) is 9.39 Å². The molecule has 1 heterocycles. The van der Waals surface area contributed by atoms with Crippen LogP contribution < -0.4 is 10.1 Å². The molecule has 0 aliphatic heterocycles. The van der Waals surface area contributed by atoms with Crippen LogP contribution in [0.15, 0.2) is 60.0 Å². The number of hydrogen-bond acceptors (Lipinski definition) is 6. The van der Waals surface area contributed by atoms with Gasteiger partial charge in [-0.05, 0) is 47.3 Å². The number of ether oxygens (including phenoxy) is 2. The molecule has 8 heteroatoms. The van der Waals surface area contributed by atoms with Crippen molar-refractivity contribution in [1.82, 2.24) is 0 Å². The fraction of sp³-hybridized carbons (Fsp3) is 0.0952. The Morgan fingerprint density at radius 3 is 2.69 bits per heavy atom. The maximum atomic E-state index is 12.9. The van der Waals surface area contributed by atoms with Gasteiger partial charge in [0.2, 0.25) is 0 Å². The largest absolute Gasteiger partial charge is 0.489 e. The lowest BCUT2D eigenvalue weighted by Crippen LogP contribution is -2.20. The number of carbonyl (C=O) groups is 2. The molecule has 0 atom stereocenters. The van der Waals surface area contributed by atoms with E-state index in [0.717, 1.165) is 5.56 Å². The molecular formula is C21H15FN2O4S. The molecule has 2 aromatic carbocycles. The number of anilines is 1. The summed E-state index contributed by atoms with van der Waals surface area (Å²) < 4.78 is 23.6. The first-order chi connectivity index (χ1) is 14.0. The number of thiophene rings is 1. The molecule has 0 aliphatic rings. The summed E-state index contributed by atoms with van der Waals surface area (Å²) in [4.78, 5) is 24.1. The Morgan fingerprint density at radius 2 is 1.93 bits per heavy atom. The number of benzene rings is 2. The van der Waals surface area contributed by atoms with Crippen LogP contribution in [0.3, 0.4) is 0 Å². The summed E-state index contributed by atoms with van der Waals surface area (Å²) in [5.41, 5.74) is 1.35. The van der Waals surface area contributed by atoms with Gasteiger partial charge < -0.3 is 14.8 Å².